The van der Waals surface area contributed by atoms with Crippen molar-refractivity contribution >= 4 is 22.6 Å². The molecule has 78 valence electrons. The Labute approximate surface area is 86.3 Å². The fraction of sp³-hybridized carbons (Fsp3) is 0.625. The van der Waals surface area contributed by atoms with Gasteiger partial charge in [0.15, 0.2) is 0 Å². The number of nitrogens with zero attached hydrogens (tertiary/aromatic N) is 2. The first-order chi connectivity index (χ1) is 6.59. The monoisotopic (exact) mass is 215 g/mol. The summed E-state index contributed by atoms with van der Waals surface area (Å²) in [5.41, 5.74) is 0. The molecular weight excluding hydrogens is 202 g/mol. The smallest absolute Gasteiger partial charge is 0.326 e. The van der Waals surface area contributed by atoms with Crippen LogP contribution in [0, 0.1) is 5.92 Å². The number of anilines is 1. The van der Waals surface area contributed by atoms with E-state index in [9.17, 15) is 4.79 Å². The maximum atomic E-state index is 10.9. The van der Waals surface area contributed by atoms with Crippen molar-refractivity contribution in [3.63, 3.8) is 0 Å². The first-order valence-corrected chi connectivity index (χ1v) is 5.13. The second-order valence-electron chi connectivity index (χ2n) is 3.41. The standard InChI is InChI=1S/C8H13N3O2S/c1-5(2)3-6(7(12)13)11-8-9-4-10-14-8/h4-6H,3H2,1-2H3,(H,12,13)(H,9,10,11). The molecule has 0 amide bonds. The second-order valence-corrected chi connectivity index (χ2v) is 4.19. The fourth-order valence-electron chi connectivity index (χ4n) is 1.08. The lowest BCUT2D eigenvalue weighted by molar-refractivity contribution is -0.138. The quantitative estimate of drug-likeness (QED) is 0.777. The molecule has 14 heavy (non-hydrogen) atoms. The van der Waals surface area contributed by atoms with Gasteiger partial charge in [-0.3, -0.25) is 0 Å². The van der Waals surface area contributed by atoms with Crippen molar-refractivity contribution in [1.82, 2.24) is 9.36 Å². The van der Waals surface area contributed by atoms with Gasteiger partial charge in [-0.05, 0) is 12.3 Å². The van der Waals surface area contributed by atoms with E-state index in [1.807, 2.05) is 13.8 Å². The van der Waals surface area contributed by atoms with Gasteiger partial charge < -0.3 is 10.4 Å². The number of carboxylic acid groups (broad SMARTS) is 1. The highest BCUT2D eigenvalue weighted by Crippen LogP contribution is 2.13. The van der Waals surface area contributed by atoms with Crippen LogP contribution in [0.1, 0.15) is 20.3 Å². The van der Waals surface area contributed by atoms with Gasteiger partial charge in [0.05, 0.1) is 0 Å². The molecule has 0 aliphatic carbocycles. The van der Waals surface area contributed by atoms with Gasteiger partial charge >= 0.3 is 5.97 Å². The minimum Gasteiger partial charge on any atom is -0.480 e. The summed E-state index contributed by atoms with van der Waals surface area (Å²) >= 11 is 1.16. The number of nitrogens with one attached hydrogen (secondary N) is 1. The number of hydrogen-bond donors (Lipinski definition) is 2. The highest BCUT2D eigenvalue weighted by Gasteiger charge is 2.19. The molecule has 6 heteroatoms. The summed E-state index contributed by atoms with van der Waals surface area (Å²) in [4.78, 5) is 14.7. The van der Waals surface area contributed by atoms with Crippen molar-refractivity contribution in [2.75, 3.05) is 5.32 Å². The Morgan fingerprint density at radius 2 is 2.43 bits per heavy atom. The lowest BCUT2D eigenvalue weighted by Gasteiger charge is -2.14. The molecule has 1 heterocycles. The van der Waals surface area contributed by atoms with Crippen molar-refractivity contribution in [2.45, 2.75) is 26.3 Å². The van der Waals surface area contributed by atoms with Crippen molar-refractivity contribution in [3.8, 4) is 0 Å². The zero-order valence-corrected chi connectivity index (χ0v) is 8.91. The predicted octanol–water partition coefficient (Wildman–Crippen LogP) is 1.45. The highest BCUT2D eigenvalue weighted by molar-refractivity contribution is 7.09. The average molecular weight is 215 g/mol. The lowest BCUT2D eigenvalue weighted by atomic mass is 10.0. The molecule has 0 saturated carbocycles. The molecule has 1 rings (SSSR count). The summed E-state index contributed by atoms with van der Waals surface area (Å²) in [6, 6.07) is -0.581. The maximum Gasteiger partial charge on any atom is 0.326 e. The van der Waals surface area contributed by atoms with Crippen LogP contribution in [0.25, 0.3) is 0 Å². The molecule has 0 aliphatic rings. The molecule has 0 bridgehead atoms. The Kier molecular flexibility index (Phi) is 3.82. The van der Waals surface area contributed by atoms with E-state index in [0.29, 0.717) is 17.5 Å². The number of hydrogen-bond acceptors (Lipinski definition) is 5. The molecule has 0 saturated heterocycles. The number of aliphatic carboxylic acids is 1. The molecule has 1 atom stereocenters. The first kappa shape index (κ1) is 10.9. The minimum absolute atomic E-state index is 0.330. The van der Waals surface area contributed by atoms with Crippen LogP contribution in [0.4, 0.5) is 5.13 Å². The van der Waals surface area contributed by atoms with Crippen LogP contribution in [-0.2, 0) is 4.79 Å². The molecule has 0 fully saturated rings. The van der Waals surface area contributed by atoms with E-state index in [4.69, 9.17) is 5.11 Å². The second kappa shape index (κ2) is 4.90. The van der Waals surface area contributed by atoms with Gasteiger partial charge in [0.1, 0.15) is 12.4 Å². The largest absolute Gasteiger partial charge is 0.480 e. The summed E-state index contributed by atoms with van der Waals surface area (Å²) in [5.74, 6) is -0.523. The summed E-state index contributed by atoms with van der Waals surface area (Å²) in [6.45, 7) is 3.97. The Morgan fingerprint density at radius 3 is 2.86 bits per heavy atom. The molecule has 1 unspecified atom stereocenters. The molecule has 0 spiro atoms. The number of carbonyl (C=O) groups is 1. The fourth-order valence-corrected chi connectivity index (χ4v) is 1.56. The first-order valence-electron chi connectivity index (χ1n) is 4.35. The third-order valence-corrected chi connectivity index (χ3v) is 2.26. The van der Waals surface area contributed by atoms with E-state index in [1.54, 1.807) is 0 Å². The van der Waals surface area contributed by atoms with Gasteiger partial charge in [0.2, 0.25) is 5.13 Å². The molecule has 1 aromatic rings. The van der Waals surface area contributed by atoms with Gasteiger partial charge in [-0.15, -0.1) is 0 Å². The normalized spacial score (nSPS) is 12.8. The van der Waals surface area contributed by atoms with Crippen LogP contribution in [0.5, 0.6) is 0 Å². The van der Waals surface area contributed by atoms with Crippen LogP contribution < -0.4 is 5.32 Å². The summed E-state index contributed by atoms with van der Waals surface area (Å²) in [6.07, 6.45) is 1.98. The molecule has 5 nitrogen and oxygen atoms in total. The third-order valence-electron chi connectivity index (χ3n) is 1.66. The highest BCUT2D eigenvalue weighted by atomic mass is 32.1. The summed E-state index contributed by atoms with van der Waals surface area (Å²) in [7, 11) is 0. The van der Waals surface area contributed by atoms with Crippen molar-refractivity contribution in [1.29, 1.82) is 0 Å². The molecule has 0 aromatic carbocycles. The molecule has 1 aromatic heterocycles. The Bertz CT molecular complexity index is 287. The van der Waals surface area contributed by atoms with Gasteiger partial charge in [0.25, 0.3) is 0 Å². The maximum absolute atomic E-state index is 10.9. The van der Waals surface area contributed by atoms with E-state index in [0.717, 1.165) is 11.5 Å². The SMILES string of the molecule is CC(C)CC(Nc1ncns1)C(=O)O. The molecular formula is C8H13N3O2S. The van der Waals surface area contributed by atoms with E-state index in [-0.39, 0.29) is 0 Å². The van der Waals surface area contributed by atoms with E-state index < -0.39 is 12.0 Å². The van der Waals surface area contributed by atoms with E-state index in [1.165, 1.54) is 6.33 Å². The Hall–Kier alpha value is -1.17. The van der Waals surface area contributed by atoms with Crippen LogP contribution >= 0.6 is 11.5 Å². The number of rotatable bonds is 5. The summed E-state index contributed by atoms with van der Waals surface area (Å²) in [5, 5.41) is 12.3. The third kappa shape index (κ3) is 3.29. The lowest BCUT2D eigenvalue weighted by Crippen LogP contribution is -2.30. The van der Waals surface area contributed by atoms with Gasteiger partial charge in [-0.25, -0.2) is 9.78 Å². The van der Waals surface area contributed by atoms with E-state index >= 15 is 0 Å². The van der Waals surface area contributed by atoms with Gasteiger partial charge in [-0.1, -0.05) is 13.8 Å². The predicted molar refractivity (Wildman–Crippen MR) is 54.4 cm³/mol. The Morgan fingerprint density at radius 1 is 1.71 bits per heavy atom. The molecule has 0 radical (unpaired) electrons. The number of carboxylic acids is 1. The van der Waals surface area contributed by atoms with Crippen LogP contribution in [0.3, 0.4) is 0 Å². The van der Waals surface area contributed by atoms with Crippen LogP contribution in [0.2, 0.25) is 0 Å². The summed E-state index contributed by atoms with van der Waals surface area (Å²) < 4.78 is 3.79. The van der Waals surface area contributed by atoms with Crippen LogP contribution in [-0.4, -0.2) is 26.5 Å². The van der Waals surface area contributed by atoms with Gasteiger partial charge in [-0.2, -0.15) is 4.37 Å². The average Bonchev–Trinajstić information content (AvgIpc) is 2.54. The van der Waals surface area contributed by atoms with Crippen molar-refractivity contribution in [2.24, 2.45) is 5.92 Å². The zero-order valence-electron chi connectivity index (χ0n) is 8.10. The number of aromatic nitrogens is 2. The van der Waals surface area contributed by atoms with Gasteiger partial charge in [0, 0.05) is 11.5 Å². The van der Waals surface area contributed by atoms with Crippen LogP contribution in [0.15, 0.2) is 6.33 Å². The zero-order chi connectivity index (χ0) is 10.6. The topological polar surface area (TPSA) is 75.1 Å². The molecule has 0 aliphatic heterocycles. The van der Waals surface area contributed by atoms with E-state index in [2.05, 4.69) is 14.7 Å². The minimum atomic E-state index is -0.853. The van der Waals surface area contributed by atoms with Crippen molar-refractivity contribution < 1.29 is 9.90 Å². The Balaban J connectivity index is 2.56. The molecule has 2 N–H and O–H groups in total. The van der Waals surface area contributed by atoms with Crippen molar-refractivity contribution in [3.05, 3.63) is 6.33 Å².